The fraction of sp³-hybridized carbons (Fsp3) is 0.261. The number of hydrogen-bond acceptors (Lipinski definition) is 4. The van der Waals surface area contributed by atoms with Gasteiger partial charge in [-0.1, -0.05) is 18.2 Å². The highest BCUT2D eigenvalue weighted by atomic mass is 19.1. The molecule has 2 amide bonds. The number of nitrogens with zero attached hydrogens (tertiary/aromatic N) is 2. The number of hydrogen-bond donors (Lipinski definition) is 3. The Morgan fingerprint density at radius 1 is 1.26 bits per heavy atom. The van der Waals surface area contributed by atoms with E-state index in [1.807, 2.05) is 36.4 Å². The molecule has 2 unspecified atom stereocenters. The Balaban J connectivity index is 1.54. The van der Waals surface area contributed by atoms with Gasteiger partial charge < -0.3 is 20.5 Å². The van der Waals surface area contributed by atoms with Gasteiger partial charge in [-0.25, -0.2) is 9.37 Å². The van der Waals surface area contributed by atoms with Gasteiger partial charge in [-0.05, 0) is 30.7 Å². The van der Waals surface area contributed by atoms with Crippen LogP contribution in [0.1, 0.15) is 22.5 Å². The highest BCUT2D eigenvalue weighted by Gasteiger charge is 2.43. The second kappa shape index (κ2) is 7.54. The zero-order valence-electron chi connectivity index (χ0n) is 17.0. The third kappa shape index (κ3) is 3.65. The number of amides is 2. The van der Waals surface area contributed by atoms with E-state index in [0.29, 0.717) is 23.6 Å². The molecule has 2 aliphatic rings. The summed E-state index contributed by atoms with van der Waals surface area (Å²) in [7, 11) is 1.79. The predicted octanol–water partition coefficient (Wildman–Crippen LogP) is 3.74. The van der Waals surface area contributed by atoms with Crippen LogP contribution in [0.4, 0.5) is 21.6 Å². The molecule has 8 heteroatoms. The van der Waals surface area contributed by atoms with Crippen LogP contribution in [-0.2, 0) is 11.2 Å². The van der Waals surface area contributed by atoms with Gasteiger partial charge in [-0.2, -0.15) is 0 Å². The van der Waals surface area contributed by atoms with E-state index in [9.17, 15) is 14.0 Å². The van der Waals surface area contributed by atoms with Gasteiger partial charge in [0.2, 0.25) is 5.91 Å². The first-order valence-corrected chi connectivity index (χ1v) is 10.2. The van der Waals surface area contributed by atoms with E-state index in [1.165, 1.54) is 0 Å². The maximum Gasteiger partial charge on any atom is 0.257 e. The number of pyridine rings is 1. The maximum absolute atomic E-state index is 13.2. The number of anilines is 3. The van der Waals surface area contributed by atoms with Crippen molar-refractivity contribution in [1.29, 1.82) is 0 Å². The van der Waals surface area contributed by atoms with Gasteiger partial charge in [-0.15, -0.1) is 0 Å². The molecule has 5 rings (SSSR count). The number of halogens is 1. The molecule has 1 aromatic carbocycles. The van der Waals surface area contributed by atoms with Gasteiger partial charge in [0.05, 0.1) is 22.9 Å². The van der Waals surface area contributed by atoms with Crippen molar-refractivity contribution in [2.75, 3.05) is 24.2 Å². The molecule has 0 radical (unpaired) electrons. The Kier molecular flexibility index (Phi) is 4.69. The molecule has 3 heterocycles. The lowest BCUT2D eigenvalue weighted by Crippen LogP contribution is -2.34. The zero-order chi connectivity index (χ0) is 21.5. The van der Waals surface area contributed by atoms with E-state index in [0.717, 1.165) is 29.1 Å². The molecular formula is C23H22FN5O2. The summed E-state index contributed by atoms with van der Waals surface area (Å²) < 4.78 is 13.2. The molecule has 3 aromatic rings. The van der Waals surface area contributed by atoms with Crippen molar-refractivity contribution in [1.82, 2.24) is 14.9 Å². The van der Waals surface area contributed by atoms with Gasteiger partial charge in [0.15, 0.2) is 0 Å². The van der Waals surface area contributed by atoms with E-state index in [2.05, 4.69) is 20.6 Å². The minimum absolute atomic E-state index is 0.0486. The van der Waals surface area contributed by atoms with Crippen LogP contribution in [0.15, 0.2) is 48.7 Å². The van der Waals surface area contributed by atoms with Crippen molar-refractivity contribution >= 4 is 29.0 Å². The number of fused-ring (bicyclic) bond motifs is 1. The van der Waals surface area contributed by atoms with Crippen LogP contribution < -0.4 is 10.6 Å². The van der Waals surface area contributed by atoms with Gasteiger partial charge in [0.25, 0.3) is 5.91 Å². The smallest absolute Gasteiger partial charge is 0.257 e. The number of para-hydroxylation sites is 1. The number of H-pyrrole nitrogens is 1. The van der Waals surface area contributed by atoms with Crippen LogP contribution in [0.2, 0.25) is 0 Å². The van der Waals surface area contributed by atoms with Crippen LogP contribution in [0, 0.1) is 5.92 Å². The monoisotopic (exact) mass is 419 g/mol. The summed E-state index contributed by atoms with van der Waals surface area (Å²) in [5.41, 5.74) is 4.54. The first-order valence-electron chi connectivity index (χ1n) is 10.2. The van der Waals surface area contributed by atoms with E-state index in [-0.39, 0.29) is 18.2 Å². The Labute approximate surface area is 178 Å². The number of aromatic nitrogens is 2. The van der Waals surface area contributed by atoms with Gasteiger partial charge >= 0.3 is 0 Å². The largest absolute Gasteiger partial charge is 0.356 e. The third-order valence-electron chi connectivity index (χ3n) is 5.73. The number of rotatable bonds is 5. The fourth-order valence-electron chi connectivity index (χ4n) is 3.86. The number of likely N-dealkylation sites (N-methyl/N-ethyl adjacent to an activating group) is 1. The van der Waals surface area contributed by atoms with Crippen LogP contribution in [-0.4, -0.2) is 46.4 Å². The molecule has 2 aromatic heterocycles. The molecule has 1 aliphatic carbocycles. The molecule has 0 saturated heterocycles. The molecule has 0 spiro atoms. The first kappa shape index (κ1) is 19.3. The Morgan fingerprint density at radius 3 is 2.77 bits per heavy atom. The molecule has 31 heavy (non-hydrogen) atoms. The first-order chi connectivity index (χ1) is 15.0. The Morgan fingerprint density at radius 2 is 2.03 bits per heavy atom. The number of alkyl halides is 1. The lowest BCUT2D eigenvalue weighted by Gasteiger charge is -2.23. The summed E-state index contributed by atoms with van der Waals surface area (Å²) in [5, 5.41) is 6.08. The maximum atomic E-state index is 13.2. The van der Waals surface area contributed by atoms with Gasteiger partial charge in [0.1, 0.15) is 12.0 Å². The summed E-state index contributed by atoms with van der Waals surface area (Å²) in [5.74, 6) is -0.648. The van der Waals surface area contributed by atoms with Crippen molar-refractivity contribution < 1.29 is 14.0 Å². The topological polar surface area (TPSA) is 90.1 Å². The summed E-state index contributed by atoms with van der Waals surface area (Å²) >= 11 is 0. The summed E-state index contributed by atoms with van der Waals surface area (Å²) in [4.78, 5) is 34.4. The number of nitrogens with one attached hydrogen (secondary N) is 3. The Hall–Kier alpha value is -3.68. The van der Waals surface area contributed by atoms with Crippen molar-refractivity contribution in [2.45, 2.75) is 19.0 Å². The summed E-state index contributed by atoms with van der Waals surface area (Å²) in [6.45, 7) is 0.639. The summed E-state index contributed by atoms with van der Waals surface area (Å²) in [6, 6.07) is 13.2. The average Bonchev–Trinajstić information content (AvgIpc) is 3.40. The van der Waals surface area contributed by atoms with Crippen LogP contribution in [0.5, 0.6) is 0 Å². The molecule has 1 aliphatic heterocycles. The van der Waals surface area contributed by atoms with Gasteiger partial charge in [0, 0.05) is 43.2 Å². The minimum Gasteiger partial charge on any atom is -0.356 e. The second-order valence-corrected chi connectivity index (χ2v) is 7.97. The lowest BCUT2D eigenvalue weighted by atomic mass is 10.0. The number of carbonyl (C=O) groups is 2. The van der Waals surface area contributed by atoms with Crippen LogP contribution in [0.3, 0.4) is 0 Å². The van der Waals surface area contributed by atoms with E-state index >= 15 is 0 Å². The van der Waals surface area contributed by atoms with Crippen molar-refractivity contribution in [2.24, 2.45) is 5.92 Å². The average molecular weight is 419 g/mol. The van der Waals surface area contributed by atoms with E-state index in [1.54, 1.807) is 24.2 Å². The third-order valence-corrected chi connectivity index (χ3v) is 5.73. The highest BCUT2D eigenvalue weighted by molar-refractivity contribution is 6.06. The van der Waals surface area contributed by atoms with Crippen molar-refractivity contribution in [3.63, 3.8) is 0 Å². The van der Waals surface area contributed by atoms with Crippen molar-refractivity contribution in [3.05, 3.63) is 59.9 Å². The van der Waals surface area contributed by atoms with Crippen LogP contribution >= 0.6 is 0 Å². The fourth-order valence-corrected chi connectivity index (χ4v) is 3.86. The molecule has 7 nitrogen and oxygen atoms in total. The standard InChI is InChI=1S/C23H22FN5O2/c1-29-10-8-17-19(23(29)31)21(26-14-5-3-2-4-6-14)20(27-17)13-7-9-25-18(11-13)28-22(30)15-12-16(15)24/h2-7,9,11,15-16,26-27H,8,10,12H2,1H3,(H,25,28,30). The molecular weight excluding hydrogens is 397 g/mol. The molecule has 2 atom stereocenters. The molecule has 0 bridgehead atoms. The molecule has 1 fully saturated rings. The summed E-state index contributed by atoms with van der Waals surface area (Å²) in [6.07, 6.45) is 1.50. The Bertz CT molecular complexity index is 1160. The molecule has 3 N–H and O–H groups in total. The molecule has 158 valence electrons. The van der Waals surface area contributed by atoms with E-state index < -0.39 is 12.1 Å². The van der Waals surface area contributed by atoms with E-state index in [4.69, 9.17) is 0 Å². The minimum atomic E-state index is -1.07. The lowest BCUT2D eigenvalue weighted by molar-refractivity contribution is -0.117. The SMILES string of the molecule is CN1CCc2[nH]c(-c3ccnc(NC(=O)C4CC4F)c3)c(Nc3ccccc3)c2C1=O. The number of benzene rings is 1. The van der Waals surface area contributed by atoms with Crippen molar-refractivity contribution in [3.8, 4) is 11.3 Å². The second-order valence-electron chi connectivity index (χ2n) is 7.97. The van der Waals surface area contributed by atoms with Gasteiger partial charge in [-0.3, -0.25) is 9.59 Å². The predicted molar refractivity (Wildman–Crippen MR) is 116 cm³/mol. The van der Waals surface area contributed by atoms with Crippen LogP contribution in [0.25, 0.3) is 11.3 Å². The quantitative estimate of drug-likeness (QED) is 0.588. The highest BCUT2D eigenvalue weighted by Crippen LogP contribution is 2.39. The molecule has 1 saturated carbocycles. The normalized spacial score (nSPS) is 19.7. The zero-order valence-corrected chi connectivity index (χ0v) is 17.0. The number of carbonyl (C=O) groups excluding carboxylic acids is 2. The number of aromatic amines is 1.